The van der Waals surface area contributed by atoms with E-state index in [1.165, 1.54) is 22.9 Å². The summed E-state index contributed by atoms with van der Waals surface area (Å²) in [5.74, 6) is -3.51. The molecule has 1 aliphatic rings. The lowest BCUT2D eigenvalue weighted by molar-refractivity contribution is -0.161. The monoisotopic (exact) mass is 686 g/mol. The van der Waals surface area contributed by atoms with E-state index >= 15 is 8.78 Å². The molecular formula is C36H45F3N4O6. The molecule has 1 N–H and O–H groups in total. The first-order valence-corrected chi connectivity index (χ1v) is 16.2. The van der Waals surface area contributed by atoms with Gasteiger partial charge in [0.1, 0.15) is 29.2 Å². The van der Waals surface area contributed by atoms with Gasteiger partial charge in [-0.2, -0.15) is 0 Å². The Morgan fingerprint density at radius 2 is 1.73 bits per heavy atom. The van der Waals surface area contributed by atoms with Gasteiger partial charge in [0.15, 0.2) is 6.10 Å². The van der Waals surface area contributed by atoms with Crippen LogP contribution in [-0.2, 0) is 25.6 Å². The minimum atomic E-state index is -1.55. The van der Waals surface area contributed by atoms with Gasteiger partial charge in [0.05, 0.1) is 24.9 Å². The van der Waals surface area contributed by atoms with Crippen molar-refractivity contribution in [3.05, 3.63) is 77.8 Å². The Kier molecular flexibility index (Phi) is 11.5. The topological polar surface area (TPSA) is 114 Å². The van der Waals surface area contributed by atoms with Crippen molar-refractivity contribution in [3.8, 4) is 11.3 Å². The van der Waals surface area contributed by atoms with E-state index in [4.69, 9.17) is 14.5 Å². The molecule has 4 atom stereocenters. The number of rotatable bonds is 11. The number of aromatic nitrogens is 2. The van der Waals surface area contributed by atoms with E-state index in [2.05, 4.69) is 0 Å². The molecule has 2 heterocycles. The van der Waals surface area contributed by atoms with Gasteiger partial charge >= 0.3 is 12.1 Å². The quantitative estimate of drug-likeness (QED) is 0.249. The number of likely N-dealkylation sites (tertiary alicyclic amines) is 1. The molecule has 0 saturated carbocycles. The van der Waals surface area contributed by atoms with Crippen LogP contribution in [0, 0.1) is 23.0 Å². The van der Waals surface area contributed by atoms with Crippen molar-refractivity contribution in [2.24, 2.45) is 11.3 Å². The minimum absolute atomic E-state index is 0.0717. The van der Waals surface area contributed by atoms with Gasteiger partial charge in [0.2, 0.25) is 0 Å². The van der Waals surface area contributed by atoms with Crippen molar-refractivity contribution in [2.45, 2.75) is 78.9 Å². The molecule has 1 fully saturated rings. The molecule has 0 spiro atoms. The zero-order valence-corrected chi connectivity index (χ0v) is 29.0. The van der Waals surface area contributed by atoms with Crippen molar-refractivity contribution in [3.63, 3.8) is 0 Å². The number of imidazole rings is 1. The van der Waals surface area contributed by atoms with Crippen LogP contribution in [0.4, 0.5) is 18.0 Å². The van der Waals surface area contributed by atoms with Gasteiger partial charge in [0, 0.05) is 49.7 Å². The Balaban J connectivity index is 1.87. The van der Waals surface area contributed by atoms with Gasteiger partial charge in [-0.3, -0.25) is 9.59 Å². The summed E-state index contributed by atoms with van der Waals surface area (Å²) < 4.78 is 57.6. The van der Waals surface area contributed by atoms with Crippen LogP contribution < -0.4 is 0 Å². The zero-order valence-electron chi connectivity index (χ0n) is 29.0. The number of aliphatic hydroxyl groups excluding tert-OH is 1. The standard InChI is InChI=1S/C36H45F3N4O6/c1-22(48-23(2)45)33(46)43(18-25-17-42(19-29(25)39)34(47)49-35(3,4)5)31(36(6,7)21-44)32-40-30(27-15-26(37)13-14-28(27)38)20-41(32)16-24-11-9-8-10-12-24/h8-15,20,22,25,29,31,44H,16-19,21H2,1-7H3. The predicted molar refractivity (Wildman–Crippen MR) is 176 cm³/mol. The van der Waals surface area contributed by atoms with Crippen LogP contribution in [0.15, 0.2) is 54.7 Å². The van der Waals surface area contributed by atoms with Crippen LogP contribution in [0.25, 0.3) is 11.3 Å². The highest BCUT2D eigenvalue weighted by Gasteiger charge is 2.46. The minimum Gasteiger partial charge on any atom is -0.453 e. The molecule has 0 aliphatic carbocycles. The zero-order chi connectivity index (χ0) is 36.3. The number of esters is 1. The molecule has 49 heavy (non-hydrogen) atoms. The van der Waals surface area contributed by atoms with Crippen LogP contribution in [0.5, 0.6) is 0 Å². The van der Waals surface area contributed by atoms with E-state index in [9.17, 15) is 23.9 Å². The summed E-state index contributed by atoms with van der Waals surface area (Å²) >= 11 is 0. The average Bonchev–Trinajstić information content (AvgIpc) is 3.59. The number of hydrogen-bond donors (Lipinski definition) is 1. The summed E-state index contributed by atoms with van der Waals surface area (Å²) in [5, 5.41) is 10.7. The molecule has 0 bridgehead atoms. The third kappa shape index (κ3) is 9.20. The number of aliphatic hydroxyl groups is 1. The summed E-state index contributed by atoms with van der Waals surface area (Å²) in [4.78, 5) is 46.4. The molecule has 4 rings (SSSR count). The third-order valence-corrected chi connectivity index (χ3v) is 8.33. The molecule has 2 aromatic carbocycles. The molecule has 4 unspecified atom stereocenters. The van der Waals surface area contributed by atoms with Gasteiger partial charge in [-0.25, -0.2) is 22.9 Å². The van der Waals surface area contributed by atoms with E-state index in [0.717, 1.165) is 30.7 Å². The number of nitrogens with zero attached hydrogens (tertiary/aromatic N) is 4. The first kappa shape index (κ1) is 37.4. The van der Waals surface area contributed by atoms with Crippen molar-refractivity contribution in [1.29, 1.82) is 0 Å². The second kappa shape index (κ2) is 15.0. The largest absolute Gasteiger partial charge is 0.453 e. The smallest absolute Gasteiger partial charge is 0.410 e. The Bertz CT molecular complexity index is 1640. The number of carbonyl (C=O) groups is 3. The molecule has 266 valence electrons. The fourth-order valence-corrected chi connectivity index (χ4v) is 5.96. The number of alkyl halides is 1. The predicted octanol–water partition coefficient (Wildman–Crippen LogP) is 5.92. The van der Waals surface area contributed by atoms with Gasteiger partial charge in [-0.05, 0) is 51.5 Å². The summed E-state index contributed by atoms with van der Waals surface area (Å²) in [6.07, 6.45) is -2.02. The van der Waals surface area contributed by atoms with Crippen LogP contribution in [0.3, 0.4) is 0 Å². The lowest BCUT2D eigenvalue weighted by atomic mass is 9.82. The number of benzene rings is 2. The summed E-state index contributed by atoms with van der Waals surface area (Å²) in [7, 11) is 0. The fraction of sp³-hybridized carbons (Fsp3) is 0.500. The maximum Gasteiger partial charge on any atom is 0.410 e. The number of ether oxygens (including phenoxy) is 2. The van der Waals surface area contributed by atoms with Crippen molar-refractivity contribution in [2.75, 3.05) is 26.2 Å². The maximum absolute atomic E-state index is 15.8. The van der Waals surface area contributed by atoms with Crippen LogP contribution >= 0.6 is 0 Å². The molecule has 1 aliphatic heterocycles. The summed E-state index contributed by atoms with van der Waals surface area (Å²) in [5.41, 5.74) is -1.20. The maximum atomic E-state index is 15.8. The van der Waals surface area contributed by atoms with E-state index < -0.39 is 71.5 Å². The van der Waals surface area contributed by atoms with E-state index in [0.29, 0.717) is 0 Å². The Labute approximate surface area is 284 Å². The Morgan fingerprint density at radius 3 is 2.35 bits per heavy atom. The van der Waals surface area contributed by atoms with Crippen molar-refractivity contribution < 1.29 is 42.1 Å². The number of carbonyl (C=O) groups excluding carboxylic acids is 3. The van der Waals surface area contributed by atoms with Crippen molar-refractivity contribution >= 4 is 18.0 Å². The van der Waals surface area contributed by atoms with Crippen LogP contribution in [0.2, 0.25) is 0 Å². The molecule has 1 saturated heterocycles. The molecule has 3 aromatic rings. The number of amides is 2. The van der Waals surface area contributed by atoms with Crippen LogP contribution in [-0.4, -0.2) is 86.5 Å². The van der Waals surface area contributed by atoms with Gasteiger partial charge in [0.25, 0.3) is 5.91 Å². The highest BCUT2D eigenvalue weighted by atomic mass is 19.1. The lowest BCUT2D eigenvalue weighted by Gasteiger charge is -2.42. The van der Waals surface area contributed by atoms with Gasteiger partial charge < -0.3 is 28.9 Å². The normalized spacial score (nSPS) is 17.8. The van der Waals surface area contributed by atoms with E-state index in [1.54, 1.807) is 39.2 Å². The van der Waals surface area contributed by atoms with Crippen LogP contribution in [0.1, 0.15) is 65.9 Å². The fourth-order valence-electron chi connectivity index (χ4n) is 5.96. The SMILES string of the molecule is CC(=O)OC(C)C(=O)N(CC1CN(C(=O)OC(C)(C)C)CC1F)C(c1nc(-c2cc(F)ccc2F)cn1Cc1ccccc1)C(C)(C)CO. The second-order valence-corrected chi connectivity index (χ2v) is 14.2. The van der Waals surface area contributed by atoms with Gasteiger partial charge in [-0.15, -0.1) is 0 Å². The average molecular weight is 687 g/mol. The third-order valence-electron chi connectivity index (χ3n) is 8.33. The summed E-state index contributed by atoms with van der Waals surface area (Å²) in [6.45, 7) is 10.1. The Hall–Kier alpha value is -4.39. The van der Waals surface area contributed by atoms with Gasteiger partial charge in [-0.1, -0.05) is 44.2 Å². The highest BCUT2D eigenvalue weighted by Crippen LogP contribution is 2.41. The van der Waals surface area contributed by atoms with E-state index in [1.807, 2.05) is 30.3 Å². The first-order chi connectivity index (χ1) is 22.9. The molecule has 2 amide bonds. The Morgan fingerprint density at radius 1 is 1.06 bits per heavy atom. The highest BCUT2D eigenvalue weighted by molar-refractivity contribution is 5.83. The molecule has 0 radical (unpaired) electrons. The molecular weight excluding hydrogens is 641 g/mol. The first-order valence-electron chi connectivity index (χ1n) is 16.2. The van der Waals surface area contributed by atoms with E-state index in [-0.39, 0.29) is 43.3 Å². The molecule has 10 nitrogen and oxygen atoms in total. The molecule has 13 heteroatoms. The van der Waals surface area contributed by atoms with Crippen molar-refractivity contribution in [1.82, 2.24) is 19.4 Å². The summed E-state index contributed by atoms with van der Waals surface area (Å²) in [6, 6.07) is 11.1. The number of halogens is 3. The number of hydrogen-bond acceptors (Lipinski definition) is 7. The molecule has 1 aromatic heterocycles. The second-order valence-electron chi connectivity index (χ2n) is 14.2. The lowest BCUT2D eigenvalue weighted by Crippen LogP contribution is -2.51.